The normalized spacial score (nSPS) is 11.1. The quantitative estimate of drug-likeness (QED) is 0.106. The van der Waals surface area contributed by atoms with Crippen LogP contribution in [0.15, 0.2) is 29.4 Å². The molecule has 0 unspecified atom stereocenters. The Morgan fingerprint density at radius 3 is 2.58 bits per heavy atom. The predicted molar refractivity (Wildman–Crippen MR) is 123 cm³/mol. The Kier molecular flexibility index (Phi) is 11.3. The second-order valence-electron chi connectivity index (χ2n) is 6.31. The summed E-state index contributed by atoms with van der Waals surface area (Å²) >= 11 is 1.89. The topological polar surface area (TPSA) is 124 Å². The lowest BCUT2D eigenvalue weighted by molar-refractivity contribution is 0.0168. The van der Waals surface area contributed by atoms with Gasteiger partial charge in [-0.1, -0.05) is 5.16 Å². The van der Waals surface area contributed by atoms with Crippen LogP contribution < -0.4 is 16.1 Å². The number of aliphatic hydroxyl groups is 2. The lowest BCUT2D eigenvalue weighted by atomic mass is 10.1. The van der Waals surface area contributed by atoms with Gasteiger partial charge in [-0.3, -0.25) is 9.63 Å². The van der Waals surface area contributed by atoms with Crippen LogP contribution in [-0.4, -0.2) is 61.9 Å². The zero-order valence-electron chi connectivity index (χ0n) is 17.2. The van der Waals surface area contributed by atoms with Gasteiger partial charge in [-0.05, 0) is 46.9 Å². The predicted octanol–water partition coefficient (Wildman–Crippen LogP) is 2.04. The summed E-state index contributed by atoms with van der Waals surface area (Å²) in [6.45, 7) is 0.131. The lowest BCUT2D eigenvalue weighted by Crippen LogP contribution is -2.26. The molecular weight excluding hydrogens is 560 g/mol. The number of amides is 1. The molecule has 0 atom stereocenters. The number of nitrogens with zero attached hydrogens (tertiary/aromatic N) is 1. The van der Waals surface area contributed by atoms with E-state index in [1.165, 1.54) is 18.2 Å². The first-order chi connectivity index (χ1) is 15.9. The minimum atomic E-state index is -1.45. The summed E-state index contributed by atoms with van der Waals surface area (Å²) in [5, 5.41) is 26.2. The van der Waals surface area contributed by atoms with E-state index in [1.54, 1.807) is 0 Å². The van der Waals surface area contributed by atoms with E-state index < -0.39 is 40.2 Å². The summed E-state index contributed by atoms with van der Waals surface area (Å²) in [6, 6.07) is 5.01. The summed E-state index contributed by atoms with van der Waals surface area (Å²) in [7, 11) is 0. The Hall–Kier alpha value is -2.46. The van der Waals surface area contributed by atoms with Crippen molar-refractivity contribution in [2.24, 2.45) is 5.16 Å². The van der Waals surface area contributed by atoms with Gasteiger partial charge < -0.3 is 25.7 Å². The Labute approximate surface area is 201 Å². The molecule has 0 aliphatic carbocycles. The molecule has 0 spiro atoms. The maximum atomic E-state index is 14.9. The van der Waals surface area contributed by atoms with Crippen LogP contribution in [0.4, 0.5) is 24.5 Å². The van der Waals surface area contributed by atoms with Crippen LogP contribution in [0, 0.1) is 21.0 Å². The fraction of sp³-hybridized carbons (Fsp3) is 0.300. The zero-order chi connectivity index (χ0) is 24.2. The number of rotatable bonds is 13. The molecule has 5 N–H and O–H groups in total. The van der Waals surface area contributed by atoms with Gasteiger partial charge in [0.05, 0.1) is 43.0 Å². The number of carbonyl (C=O) groups excluding carboxylic acids is 1. The SMILES string of the molecule is O=C(NOCCO)c1cc(/C=N/OCCNCCO)c(F)c(F)c1Nc1ccc(I)cc1F. The van der Waals surface area contributed by atoms with Gasteiger partial charge in [0.25, 0.3) is 5.91 Å². The highest BCUT2D eigenvalue weighted by atomic mass is 127. The summed E-state index contributed by atoms with van der Waals surface area (Å²) < 4.78 is 44.4. The Morgan fingerprint density at radius 2 is 1.88 bits per heavy atom. The van der Waals surface area contributed by atoms with Gasteiger partial charge in [0, 0.05) is 22.2 Å². The Morgan fingerprint density at radius 1 is 1.09 bits per heavy atom. The third kappa shape index (κ3) is 8.12. The highest BCUT2D eigenvalue weighted by Crippen LogP contribution is 2.30. The number of hydroxylamine groups is 1. The fourth-order valence-corrected chi connectivity index (χ4v) is 2.91. The lowest BCUT2D eigenvalue weighted by Gasteiger charge is -2.15. The molecule has 2 aromatic rings. The molecule has 13 heteroatoms. The first-order valence-electron chi connectivity index (χ1n) is 9.63. The second-order valence-corrected chi connectivity index (χ2v) is 7.56. The Balaban J connectivity index is 2.33. The highest BCUT2D eigenvalue weighted by molar-refractivity contribution is 14.1. The van der Waals surface area contributed by atoms with Crippen molar-refractivity contribution in [3.05, 3.63) is 56.4 Å². The van der Waals surface area contributed by atoms with Crippen LogP contribution in [0.5, 0.6) is 0 Å². The summed E-state index contributed by atoms with van der Waals surface area (Å²) in [4.78, 5) is 22.2. The third-order valence-corrected chi connectivity index (χ3v) is 4.62. The highest BCUT2D eigenvalue weighted by Gasteiger charge is 2.23. The standard InChI is InChI=1S/C20H22F3IN4O5/c21-15-10-13(24)1-2-16(15)27-19-14(20(31)28-33-8-6-30)9-12(17(22)18(19)23)11-26-32-7-4-25-3-5-29/h1-2,9-11,25,27,29-30H,3-8H2,(H,28,31)/b26-11+. The van der Waals surface area contributed by atoms with Crippen molar-refractivity contribution in [2.45, 2.75) is 0 Å². The van der Waals surface area contributed by atoms with E-state index in [0.29, 0.717) is 16.7 Å². The number of hydrogen-bond donors (Lipinski definition) is 5. The fourth-order valence-electron chi connectivity index (χ4n) is 2.45. The molecule has 0 saturated carbocycles. The molecule has 0 radical (unpaired) electrons. The van der Waals surface area contributed by atoms with Crippen LogP contribution >= 0.6 is 22.6 Å². The summed E-state index contributed by atoms with van der Waals surface area (Å²) in [5.74, 6) is -4.51. The van der Waals surface area contributed by atoms with E-state index in [4.69, 9.17) is 19.9 Å². The molecule has 0 heterocycles. The van der Waals surface area contributed by atoms with Gasteiger partial charge in [-0.15, -0.1) is 0 Å². The molecule has 0 bridgehead atoms. The molecule has 0 saturated heterocycles. The van der Waals surface area contributed by atoms with E-state index in [-0.39, 0.29) is 32.1 Å². The zero-order valence-corrected chi connectivity index (χ0v) is 19.4. The average Bonchev–Trinajstić information content (AvgIpc) is 2.79. The monoisotopic (exact) mass is 582 g/mol. The van der Waals surface area contributed by atoms with Gasteiger partial charge in [0.1, 0.15) is 12.4 Å². The van der Waals surface area contributed by atoms with E-state index in [1.807, 2.05) is 28.1 Å². The van der Waals surface area contributed by atoms with Gasteiger partial charge in [-0.2, -0.15) is 0 Å². The minimum absolute atomic E-state index is 0.0485. The van der Waals surface area contributed by atoms with Gasteiger partial charge in [-0.25, -0.2) is 18.7 Å². The van der Waals surface area contributed by atoms with Crippen molar-refractivity contribution in [1.29, 1.82) is 0 Å². The number of benzene rings is 2. The molecule has 180 valence electrons. The largest absolute Gasteiger partial charge is 0.395 e. The van der Waals surface area contributed by atoms with Crippen molar-refractivity contribution in [1.82, 2.24) is 10.8 Å². The van der Waals surface area contributed by atoms with Crippen molar-refractivity contribution in [2.75, 3.05) is 44.8 Å². The van der Waals surface area contributed by atoms with Crippen LogP contribution in [0.25, 0.3) is 0 Å². The second kappa shape index (κ2) is 13.9. The minimum Gasteiger partial charge on any atom is -0.395 e. The Bertz CT molecular complexity index is 981. The van der Waals surface area contributed by atoms with Crippen molar-refractivity contribution in [3.8, 4) is 0 Å². The van der Waals surface area contributed by atoms with Gasteiger partial charge >= 0.3 is 0 Å². The van der Waals surface area contributed by atoms with E-state index >= 15 is 0 Å². The first kappa shape index (κ1) is 26.8. The van der Waals surface area contributed by atoms with Gasteiger partial charge in [0.2, 0.25) is 0 Å². The molecule has 0 aromatic heterocycles. The molecule has 33 heavy (non-hydrogen) atoms. The van der Waals surface area contributed by atoms with Crippen molar-refractivity contribution < 1.29 is 37.9 Å². The van der Waals surface area contributed by atoms with Crippen LogP contribution in [-0.2, 0) is 9.68 Å². The van der Waals surface area contributed by atoms with Crippen molar-refractivity contribution in [3.63, 3.8) is 0 Å². The summed E-state index contributed by atoms with van der Waals surface area (Å²) in [5.41, 5.74) is 0.377. The number of carbonyl (C=O) groups is 1. The van der Waals surface area contributed by atoms with Crippen molar-refractivity contribution >= 4 is 46.1 Å². The molecule has 0 aliphatic rings. The maximum Gasteiger partial charge on any atom is 0.277 e. The van der Waals surface area contributed by atoms with E-state index in [9.17, 15) is 18.0 Å². The third-order valence-electron chi connectivity index (χ3n) is 3.95. The smallest absolute Gasteiger partial charge is 0.277 e. The van der Waals surface area contributed by atoms with Gasteiger partial charge in [0.15, 0.2) is 11.6 Å². The molecule has 2 rings (SSSR count). The summed E-state index contributed by atoms with van der Waals surface area (Å²) in [6.07, 6.45) is 0.880. The number of aliphatic hydroxyl groups excluding tert-OH is 2. The molecular formula is C20H22F3IN4O5. The number of halogens is 4. The van der Waals surface area contributed by atoms with E-state index in [0.717, 1.165) is 12.3 Å². The van der Waals surface area contributed by atoms with Crippen LogP contribution in [0.1, 0.15) is 15.9 Å². The average molecular weight is 582 g/mol. The van der Waals surface area contributed by atoms with E-state index in [2.05, 4.69) is 15.8 Å². The number of anilines is 2. The number of hydrogen-bond acceptors (Lipinski definition) is 8. The molecule has 1 amide bonds. The van der Waals surface area contributed by atoms with Crippen LogP contribution in [0.2, 0.25) is 0 Å². The molecule has 0 fully saturated rings. The molecule has 9 nitrogen and oxygen atoms in total. The van der Waals surface area contributed by atoms with Crippen LogP contribution in [0.3, 0.4) is 0 Å². The number of oxime groups is 1. The number of nitrogens with one attached hydrogen (secondary N) is 3. The molecule has 2 aromatic carbocycles. The molecule has 0 aliphatic heterocycles. The first-order valence-corrected chi connectivity index (χ1v) is 10.7. The maximum absolute atomic E-state index is 14.9.